The predicted octanol–water partition coefficient (Wildman–Crippen LogP) is 6.75. The maximum atomic E-state index is 13.1. The average Bonchev–Trinajstić information content (AvgIpc) is 2.67. The minimum atomic E-state index is -5.10. The summed E-state index contributed by atoms with van der Waals surface area (Å²) in [6.45, 7) is 0. The van der Waals surface area contributed by atoms with Crippen molar-refractivity contribution in [2.75, 3.05) is 0 Å². The highest BCUT2D eigenvalue weighted by Crippen LogP contribution is 2.69. The summed E-state index contributed by atoms with van der Waals surface area (Å²) >= 11 is 3.33. The monoisotopic (exact) mass is 454 g/mol. The molecule has 3 rings (SSSR count). The van der Waals surface area contributed by atoms with Crippen molar-refractivity contribution in [3.05, 3.63) is 89.4 Å². The number of rotatable bonds is 4. The lowest BCUT2D eigenvalue weighted by Crippen LogP contribution is -2.27. The van der Waals surface area contributed by atoms with Crippen LogP contribution in [-0.4, -0.2) is 12.1 Å². The molecule has 3 aromatic rings. The van der Waals surface area contributed by atoms with Crippen molar-refractivity contribution in [1.29, 1.82) is 0 Å². The van der Waals surface area contributed by atoms with E-state index in [1.165, 1.54) is 0 Å². The molecule has 0 aliphatic heterocycles. The molecule has 140 valence electrons. The van der Waals surface area contributed by atoms with Gasteiger partial charge in [0.15, 0.2) is 0 Å². The van der Waals surface area contributed by atoms with Crippen molar-refractivity contribution < 1.29 is 22.1 Å². The molecule has 0 radical (unpaired) electrons. The maximum Gasteiger partial charge on any atom is 0.491 e. The Bertz CT molecular complexity index is 874. The van der Waals surface area contributed by atoms with E-state index in [1.807, 2.05) is 0 Å². The Kier molecular flexibility index (Phi) is 5.62. The third-order valence-electron chi connectivity index (χ3n) is 3.73. The normalized spacial score (nSPS) is 12.4. The van der Waals surface area contributed by atoms with Crippen LogP contribution in [0, 0.1) is 0 Å². The largest absolute Gasteiger partial charge is 0.491 e. The summed E-state index contributed by atoms with van der Waals surface area (Å²) in [4.78, 5) is 13.4. The zero-order chi connectivity index (χ0) is 19.5. The van der Waals surface area contributed by atoms with Crippen LogP contribution in [0.3, 0.4) is 0 Å². The first-order valence-electron chi connectivity index (χ1n) is 7.84. The summed E-state index contributed by atoms with van der Waals surface area (Å²) in [5.74, 6) is -2.21. The molecule has 0 aliphatic rings. The van der Waals surface area contributed by atoms with E-state index in [0.717, 1.165) is 4.47 Å². The van der Waals surface area contributed by atoms with Gasteiger partial charge in [0.1, 0.15) is 0 Å². The van der Waals surface area contributed by atoms with E-state index in [9.17, 15) is 18.0 Å². The lowest BCUT2D eigenvalue weighted by Gasteiger charge is -2.39. The Balaban J connectivity index is 2.31. The third-order valence-corrected chi connectivity index (χ3v) is 7.47. The summed E-state index contributed by atoms with van der Waals surface area (Å²) < 4.78 is 45.4. The average molecular weight is 455 g/mol. The van der Waals surface area contributed by atoms with E-state index in [-0.39, 0.29) is 0 Å². The minimum absolute atomic E-state index is 0.487. The van der Waals surface area contributed by atoms with Gasteiger partial charge in [0.05, 0.1) is 0 Å². The topological polar surface area (TPSA) is 26.3 Å². The van der Waals surface area contributed by atoms with Crippen LogP contribution in [0.4, 0.5) is 13.2 Å². The molecule has 2 nitrogen and oxygen atoms in total. The Morgan fingerprint density at radius 3 is 1.56 bits per heavy atom. The third kappa shape index (κ3) is 4.04. The van der Waals surface area contributed by atoms with Crippen molar-refractivity contribution in [2.24, 2.45) is 0 Å². The second-order valence-corrected chi connectivity index (χ2v) is 9.11. The smallest absolute Gasteiger partial charge is 0.395 e. The molecule has 0 saturated heterocycles. The fourth-order valence-electron chi connectivity index (χ4n) is 2.56. The molecule has 27 heavy (non-hydrogen) atoms. The molecule has 0 spiro atoms. The summed E-state index contributed by atoms with van der Waals surface area (Å²) in [5, 5.41) is 0. The van der Waals surface area contributed by atoms with Gasteiger partial charge in [-0.1, -0.05) is 52.3 Å². The Morgan fingerprint density at radius 2 is 1.15 bits per heavy atom. The molecule has 0 saturated carbocycles. The van der Waals surface area contributed by atoms with Crippen LogP contribution in [0.1, 0.15) is 0 Å². The molecule has 0 heterocycles. The molecular formula is C20H14BrF3O2S. The Hall–Kier alpha value is -2.25. The van der Waals surface area contributed by atoms with Gasteiger partial charge in [0.2, 0.25) is 0 Å². The van der Waals surface area contributed by atoms with Gasteiger partial charge in [-0.3, -0.25) is 0 Å². The first-order chi connectivity index (χ1) is 12.8. The van der Waals surface area contributed by atoms with Crippen molar-refractivity contribution in [3.8, 4) is 0 Å². The Labute approximate surface area is 164 Å². The highest BCUT2D eigenvalue weighted by Gasteiger charge is 2.47. The SMILES string of the molecule is O=C(OS(c1ccccc1)(c1ccccc1)c1ccc(Br)cc1)C(F)(F)F. The van der Waals surface area contributed by atoms with E-state index < -0.39 is 22.5 Å². The molecule has 0 aliphatic carbocycles. The molecule has 0 N–H and O–H groups in total. The first-order valence-corrected chi connectivity index (χ1v) is 10.2. The summed E-state index contributed by atoms with van der Waals surface area (Å²) in [5.41, 5.74) is 0. The number of carbonyl (C=O) groups excluding carboxylic acids is 1. The zero-order valence-corrected chi connectivity index (χ0v) is 16.2. The molecule has 7 heteroatoms. The van der Waals surface area contributed by atoms with E-state index in [1.54, 1.807) is 84.9 Å². The number of hydrogen-bond donors (Lipinski definition) is 0. The van der Waals surface area contributed by atoms with Crippen LogP contribution in [0.15, 0.2) is 104 Å². The number of halogens is 4. The van der Waals surface area contributed by atoms with Crippen LogP contribution in [-0.2, 0) is 8.98 Å². The summed E-state index contributed by atoms with van der Waals surface area (Å²) in [6, 6.07) is 23.8. The van der Waals surface area contributed by atoms with Gasteiger partial charge in [0, 0.05) is 19.2 Å². The highest BCUT2D eigenvalue weighted by molar-refractivity contribution is 9.10. The molecule has 0 amide bonds. The second-order valence-electron chi connectivity index (χ2n) is 5.50. The number of carbonyl (C=O) groups is 1. The number of alkyl halides is 3. The van der Waals surface area contributed by atoms with Gasteiger partial charge in [-0.25, -0.2) is 4.79 Å². The van der Waals surface area contributed by atoms with Gasteiger partial charge < -0.3 is 4.18 Å². The maximum absolute atomic E-state index is 13.1. The lowest BCUT2D eigenvalue weighted by atomic mass is 10.4. The van der Waals surface area contributed by atoms with Crippen LogP contribution >= 0.6 is 26.2 Å². The zero-order valence-electron chi connectivity index (χ0n) is 13.8. The first kappa shape index (κ1) is 19.5. The lowest BCUT2D eigenvalue weighted by molar-refractivity contribution is -0.188. The van der Waals surface area contributed by atoms with E-state index >= 15 is 0 Å². The molecule has 0 unspecified atom stereocenters. The van der Waals surface area contributed by atoms with Crippen molar-refractivity contribution in [3.63, 3.8) is 0 Å². The summed E-state index contributed by atoms with van der Waals surface area (Å²) in [7, 11) is -2.92. The van der Waals surface area contributed by atoms with E-state index in [0.29, 0.717) is 14.7 Å². The van der Waals surface area contributed by atoms with Crippen molar-refractivity contribution in [2.45, 2.75) is 20.9 Å². The summed E-state index contributed by atoms with van der Waals surface area (Å²) in [6.07, 6.45) is -5.10. The molecule has 0 atom stereocenters. The number of hydrogen-bond acceptors (Lipinski definition) is 2. The molecule has 3 aromatic carbocycles. The minimum Gasteiger partial charge on any atom is -0.395 e. The molecule has 0 aromatic heterocycles. The van der Waals surface area contributed by atoms with Crippen LogP contribution < -0.4 is 0 Å². The van der Waals surface area contributed by atoms with Gasteiger partial charge in [-0.05, 0) is 58.8 Å². The number of benzene rings is 3. The van der Waals surface area contributed by atoms with Gasteiger partial charge >= 0.3 is 12.1 Å². The highest BCUT2D eigenvalue weighted by atomic mass is 79.9. The fourth-order valence-corrected chi connectivity index (χ4v) is 5.86. The van der Waals surface area contributed by atoms with Crippen LogP contribution in [0.5, 0.6) is 0 Å². The van der Waals surface area contributed by atoms with Gasteiger partial charge in [-0.15, -0.1) is 0 Å². The van der Waals surface area contributed by atoms with Crippen molar-refractivity contribution >= 4 is 32.2 Å². The van der Waals surface area contributed by atoms with E-state index in [4.69, 9.17) is 4.18 Å². The van der Waals surface area contributed by atoms with Gasteiger partial charge in [0.25, 0.3) is 0 Å². The van der Waals surface area contributed by atoms with Crippen molar-refractivity contribution in [1.82, 2.24) is 0 Å². The fraction of sp³-hybridized carbons (Fsp3) is 0.0500. The molecule has 0 bridgehead atoms. The second kappa shape index (κ2) is 7.78. The van der Waals surface area contributed by atoms with Crippen LogP contribution in [0.2, 0.25) is 0 Å². The van der Waals surface area contributed by atoms with Gasteiger partial charge in [-0.2, -0.15) is 13.2 Å². The molecular weight excluding hydrogens is 441 g/mol. The van der Waals surface area contributed by atoms with E-state index in [2.05, 4.69) is 15.9 Å². The Morgan fingerprint density at radius 1 is 0.741 bits per heavy atom. The molecule has 0 fully saturated rings. The standard InChI is InChI=1S/C20H14BrF3O2S/c21-15-11-13-18(14-12-15)27(16-7-3-1-4-8-16,17-9-5-2-6-10-17)26-19(25)20(22,23)24/h1-14H. The van der Waals surface area contributed by atoms with Crippen LogP contribution in [0.25, 0.3) is 0 Å². The quantitative estimate of drug-likeness (QED) is 0.435. The predicted molar refractivity (Wildman–Crippen MR) is 102 cm³/mol.